The molecule has 0 saturated heterocycles. The highest BCUT2D eigenvalue weighted by Gasteiger charge is 2.01. The molecule has 0 aromatic heterocycles. The molecule has 1 aromatic rings. The number of ether oxygens (including phenoxy) is 1. The molecule has 15 heavy (non-hydrogen) atoms. The van der Waals surface area contributed by atoms with Crippen molar-refractivity contribution >= 4 is 11.9 Å². The molecule has 0 bridgehead atoms. The Balaban J connectivity index is 3.09. The Morgan fingerprint density at radius 1 is 1.53 bits per heavy atom. The lowest BCUT2D eigenvalue weighted by Gasteiger charge is -2.04. The number of ketones is 1. The molecule has 3 nitrogen and oxygen atoms in total. The monoisotopic (exact) mass is 201 g/mol. The number of nitrogens with zero attached hydrogens (tertiary/aromatic N) is 1. The molecule has 1 rings (SSSR count). The van der Waals surface area contributed by atoms with Crippen LogP contribution in [0.15, 0.2) is 24.3 Å². The van der Waals surface area contributed by atoms with Gasteiger partial charge in [-0.3, -0.25) is 4.79 Å². The van der Waals surface area contributed by atoms with Crippen molar-refractivity contribution in [1.82, 2.24) is 0 Å². The summed E-state index contributed by atoms with van der Waals surface area (Å²) in [6, 6.07) is 7.09. The van der Waals surface area contributed by atoms with E-state index in [1.165, 1.54) is 20.1 Å². The van der Waals surface area contributed by atoms with E-state index in [0.29, 0.717) is 11.3 Å². The number of allylic oxidation sites excluding steroid dienone is 1. The topological polar surface area (TPSA) is 50.1 Å². The number of methoxy groups -OCH3 is 1. The van der Waals surface area contributed by atoms with Gasteiger partial charge >= 0.3 is 0 Å². The third-order valence-corrected chi connectivity index (χ3v) is 1.86. The second-order valence-corrected chi connectivity index (χ2v) is 3.01. The van der Waals surface area contributed by atoms with Crippen molar-refractivity contribution < 1.29 is 9.53 Å². The van der Waals surface area contributed by atoms with E-state index in [9.17, 15) is 4.79 Å². The molecule has 0 heterocycles. The zero-order valence-electron chi connectivity index (χ0n) is 8.65. The fourth-order valence-corrected chi connectivity index (χ4v) is 1.13. The normalized spacial score (nSPS) is 9.93. The Hall–Kier alpha value is -2.08. The van der Waals surface area contributed by atoms with E-state index in [1.807, 2.05) is 6.07 Å². The summed E-state index contributed by atoms with van der Waals surface area (Å²) in [7, 11) is 1.53. The van der Waals surface area contributed by atoms with E-state index >= 15 is 0 Å². The first-order chi connectivity index (χ1) is 7.17. The van der Waals surface area contributed by atoms with Crippen molar-refractivity contribution in [3.63, 3.8) is 0 Å². The van der Waals surface area contributed by atoms with E-state index in [1.54, 1.807) is 24.3 Å². The van der Waals surface area contributed by atoms with E-state index in [2.05, 4.69) is 0 Å². The van der Waals surface area contributed by atoms with E-state index in [4.69, 9.17) is 10.00 Å². The van der Waals surface area contributed by atoms with Gasteiger partial charge in [0, 0.05) is 5.56 Å². The lowest BCUT2D eigenvalue weighted by atomic mass is 10.1. The van der Waals surface area contributed by atoms with Gasteiger partial charge in [0.2, 0.25) is 0 Å². The minimum atomic E-state index is -0.0265. The van der Waals surface area contributed by atoms with Crippen molar-refractivity contribution in [2.24, 2.45) is 0 Å². The van der Waals surface area contributed by atoms with Gasteiger partial charge in [-0.05, 0) is 37.3 Å². The number of rotatable bonds is 3. The fourth-order valence-electron chi connectivity index (χ4n) is 1.13. The third kappa shape index (κ3) is 2.96. The van der Waals surface area contributed by atoms with E-state index in [-0.39, 0.29) is 5.78 Å². The van der Waals surface area contributed by atoms with Crippen LogP contribution in [0.1, 0.15) is 18.1 Å². The van der Waals surface area contributed by atoms with Crippen LogP contribution in [0.5, 0.6) is 5.75 Å². The minimum absolute atomic E-state index is 0.0265. The van der Waals surface area contributed by atoms with Gasteiger partial charge in [-0.1, -0.05) is 0 Å². The predicted octanol–water partition coefficient (Wildman–Crippen LogP) is 2.17. The Morgan fingerprint density at radius 2 is 2.27 bits per heavy atom. The molecule has 0 saturated carbocycles. The molecule has 1 aromatic carbocycles. The van der Waals surface area contributed by atoms with Crippen LogP contribution in [0.25, 0.3) is 6.08 Å². The molecule has 0 aliphatic carbocycles. The SMILES string of the molecule is COc1cc(C#N)ccc1/C=C/C(C)=O. The van der Waals surface area contributed by atoms with Crippen molar-refractivity contribution in [3.05, 3.63) is 35.4 Å². The Labute approximate surface area is 88.6 Å². The van der Waals surface area contributed by atoms with E-state index < -0.39 is 0 Å². The summed E-state index contributed by atoms with van der Waals surface area (Å²) >= 11 is 0. The minimum Gasteiger partial charge on any atom is -0.496 e. The van der Waals surface area contributed by atoms with Gasteiger partial charge in [0.25, 0.3) is 0 Å². The van der Waals surface area contributed by atoms with Crippen molar-refractivity contribution in [2.45, 2.75) is 6.92 Å². The molecule has 76 valence electrons. The summed E-state index contributed by atoms with van der Waals surface area (Å²) in [6.07, 6.45) is 3.13. The second-order valence-electron chi connectivity index (χ2n) is 3.01. The molecule has 0 spiro atoms. The van der Waals surface area contributed by atoms with Crippen LogP contribution >= 0.6 is 0 Å². The zero-order chi connectivity index (χ0) is 11.3. The van der Waals surface area contributed by atoms with Crippen molar-refractivity contribution in [3.8, 4) is 11.8 Å². The van der Waals surface area contributed by atoms with Gasteiger partial charge in [0.05, 0.1) is 18.7 Å². The van der Waals surface area contributed by atoms with E-state index in [0.717, 1.165) is 5.56 Å². The number of hydrogen-bond acceptors (Lipinski definition) is 3. The first-order valence-electron chi connectivity index (χ1n) is 4.44. The van der Waals surface area contributed by atoms with Crippen LogP contribution in [-0.4, -0.2) is 12.9 Å². The number of nitriles is 1. The maximum Gasteiger partial charge on any atom is 0.152 e. The fraction of sp³-hybridized carbons (Fsp3) is 0.167. The van der Waals surface area contributed by atoms with Crippen LogP contribution in [0.2, 0.25) is 0 Å². The average Bonchev–Trinajstić information content (AvgIpc) is 2.25. The lowest BCUT2D eigenvalue weighted by Crippen LogP contribution is -1.89. The molecule has 0 amide bonds. The first kappa shape index (κ1) is 11.0. The summed E-state index contributed by atoms with van der Waals surface area (Å²) in [5.41, 5.74) is 1.32. The van der Waals surface area contributed by atoms with Crippen LogP contribution in [0.3, 0.4) is 0 Å². The van der Waals surface area contributed by atoms with Crippen molar-refractivity contribution in [1.29, 1.82) is 5.26 Å². The smallest absolute Gasteiger partial charge is 0.152 e. The van der Waals surface area contributed by atoms with Crippen LogP contribution < -0.4 is 4.74 Å². The average molecular weight is 201 g/mol. The molecule has 0 N–H and O–H groups in total. The van der Waals surface area contributed by atoms with Gasteiger partial charge in [-0.25, -0.2) is 0 Å². The number of benzene rings is 1. The molecule has 0 fully saturated rings. The Bertz CT molecular complexity index is 441. The molecular formula is C12H11NO2. The Kier molecular flexibility index (Phi) is 3.64. The number of carbonyl (C=O) groups excluding carboxylic acids is 1. The summed E-state index contributed by atoms with van der Waals surface area (Å²) in [5, 5.41) is 8.69. The highest BCUT2D eigenvalue weighted by atomic mass is 16.5. The molecule has 0 atom stereocenters. The third-order valence-electron chi connectivity index (χ3n) is 1.86. The van der Waals surface area contributed by atoms with Crippen LogP contribution in [-0.2, 0) is 4.79 Å². The van der Waals surface area contributed by atoms with Gasteiger partial charge < -0.3 is 4.74 Å². The molecule has 0 aliphatic heterocycles. The van der Waals surface area contributed by atoms with Crippen LogP contribution in [0, 0.1) is 11.3 Å². The quantitative estimate of drug-likeness (QED) is 0.704. The van der Waals surface area contributed by atoms with Gasteiger partial charge in [-0.15, -0.1) is 0 Å². The molecular weight excluding hydrogens is 190 g/mol. The summed E-state index contributed by atoms with van der Waals surface area (Å²) in [5.74, 6) is 0.563. The first-order valence-corrected chi connectivity index (χ1v) is 4.44. The van der Waals surface area contributed by atoms with Gasteiger partial charge in [-0.2, -0.15) is 5.26 Å². The highest BCUT2D eigenvalue weighted by molar-refractivity contribution is 5.91. The maximum absolute atomic E-state index is 10.8. The molecule has 0 aliphatic rings. The lowest BCUT2D eigenvalue weighted by molar-refractivity contribution is -0.112. The molecule has 0 unspecified atom stereocenters. The molecule has 3 heteroatoms. The standard InChI is InChI=1S/C12H11NO2/c1-9(14)3-5-11-6-4-10(8-13)7-12(11)15-2/h3-7H,1-2H3/b5-3+. The van der Waals surface area contributed by atoms with Crippen molar-refractivity contribution in [2.75, 3.05) is 7.11 Å². The summed E-state index contributed by atoms with van der Waals surface area (Å²) in [4.78, 5) is 10.8. The second kappa shape index (κ2) is 4.97. The maximum atomic E-state index is 10.8. The Morgan fingerprint density at radius 3 is 2.80 bits per heavy atom. The molecule has 0 radical (unpaired) electrons. The number of hydrogen-bond donors (Lipinski definition) is 0. The van der Waals surface area contributed by atoms with Gasteiger partial charge in [0.15, 0.2) is 5.78 Å². The number of carbonyl (C=O) groups is 1. The summed E-state index contributed by atoms with van der Waals surface area (Å²) < 4.78 is 5.11. The largest absolute Gasteiger partial charge is 0.496 e. The summed E-state index contributed by atoms with van der Waals surface area (Å²) in [6.45, 7) is 1.48. The zero-order valence-corrected chi connectivity index (χ0v) is 8.65. The predicted molar refractivity (Wildman–Crippen MR) is 57.4 cm³/mol. The van der Waals surface area contributed by atoms with Gasteiger partial charge in [0.1, 0.15) is 5.75 Å². The highest BCUT2D eigenvalue weighted by Crippen LogP contribution is 2.21. The van der Waals surface area contributed by atoms with Crippen LogP contribution in [0.4, 0.5) is 0 Å².